The molecule has 0 bridgehead atoms. The maximum atomic E-state index is 12.7. The Hall–Kier alpha value is -2.46. The number of sulfonamides is 1. The van der Waals surface area contributed by atoms with Gasteiger partial charge < -0.3 is 10.6 Å². The lowest BCUT2D eigenvalue weighted by atomic mass is 10.1. The summed E-state index contributed by atoms with van der Waals surface area (Å²) >= 11 is 5.88. The van der Waals surface area contributed by atoms with E-state index in [1.165, 1.54) is 10.6 Å². The number of nitrogens with one attached hydrogen (secondary N) is 2. The summed E-state index contributed by atoms with van der Waals surface area (Å²) in [6.45, 7) is 1.41. The van der Waals surface area contributed by atoms with Crippen molar-refractivity contribution in [1.29, 1.82) is 0 Å². The molecule has 1 aliphatic heterocycles. The average molecular weight is 479 g/mol. The number of hydrogen-bond acceptors (Lipinski definition) is 5. The van der Waals surface area contributed by atoms with Gasteiger partial charge in [0.25, 0.3) is 5.91 Å². The number of rotatable bonds is 7. The van der Waals surface area contributed by atoms with Crippen molar-refractivity contribution in [3.8, 4) is 0 Å². The third kappa shape index (κ3) is 6.52. The number of anilines is 2. The second-order valence-electron chi connectivity index (χ2n) is 7.84. The minimum absolute atomic E-state index is 0.0541. The summed E-state index contributed by atoms with van der Waals surface area (Å²) < 4.78 is 24.8. The molecule has 1 fully saturated rings. The highest BCUT2D eigenvalue weighted by Crippen LogP contribution is 2.20. The van der Waals surface area contributed by atoms with Crippen molar-refractivity contribution >= 4 is 44.8 Å². The first kappa shape index (κ1) is 24.2. The van der Waals surface area contributed by atoms with Crippen molar-refractivity contribution in [2.75, 3.05) is 43.6 Å². The first-order valence-electron chi connectivity index (χ1n) is 10.2. The Bertz CT molecular complexity index is 1070. The molecule has 2 aromatic rings. The molecule has 0 atom stereocenters. The van der Waals surface area contributed by atoms with E-state index in [0.717, 1.165) is 0 Å². The largest absolute Gasteiger partial charge is 0.324 e. The number of piperidine rings is 1. The molecule has 0 radical (unpaired) electrons. The van der Waals surface area contributed by atoms with Crippen LogP contribution >= 0.6 is 11.6 Å². The SMILES string of the molecule is CN(C1CCN(CC(=O)Nc2ccccc2C(=O)Nc2ccc(Cl)cc2)CC1)S(C)(=O)=O. The number of amides is 2. The van der Waals surface area contributed by atoms with E-state index in [-0.39, 0.29) is 24.4 Å². The fourth-order valence-electron chi connectivity index (χ4n) is 3.63. The van der Waals surface area contributed by atoms with Crippen molar-refractivity contribution < 1.29 is 18.0 Å². The Balaban J connectivity index is 1.57. The van der Waals surface area contributed by atoms with Crippen molar-refractivity contribution in [2.24, 2.45) is 0 Å². The highest BCUT2D eigenvalue weighted by atomic mass is 35.5. The van der Waals surface area contributed by atoms with E-state index >= 15 is 0 Å². The maximum absolute atomic E-state index is 12.7. The molecular formula is C22H27ClN4O4S. The van der Waals surface area contributed by atoms with Gasteiger partial charge in [0.05, 0.1) is 24.1 Å². The molecule has 10 heteroatoms. The minimum Gasteiger partial charge on any atom is -0.324 e. The summed E-state index contributed by atoms with van der Waals surface area (Å²) in [6, 6.07) is 13.5. The van der Waals surface area contributed by atoms with E-state index in [4.69, 9.17) is 11.6 Å². The number of nitrogens with zero attached hydrogens (tertiary/aromatic N) is 2. The molecule has 3 rings (SSSR count). The van der Waals surface area contributed by atoms with Crippen molar-refractivity contribution in [3.05, 3.63) is 59.1 Å². The lowest BCUT2D eigenvalue weighted by Crippen LogP contribution is -2.47. The summed E-state index contributed by atoms with van der Waals surface area (Å²) in [5, 5.41) is 6.19. The van der Waals surface area contributed by atoms with E-state index < -0.39 is 10.0 Å². The quantitative estimate of drug-likeness (QED) is 0.637. The molecule has 0 spiro atoms. The maximum Gasteiger partial charge on any atom is 0.257 e. The van der Waals surface area contributed by atoms with Crippen molar-refractivity contribution in [2.45, 2.75) is 18.9 Å². The van der Waals surface area contributed by atoms with Gasteiger partial charge in [-0.2, -0.15) is 0 Å². The third-order valence-electron chi connectivity index (χ3n) is 5.51. The van der Waals surface area contributed by atoms with E-state index in [2.05, 4.69) is 10.6 Å². The summed E-state index contributed by atoms with van der Waals surface area (Å²) in [5.74, 6) is -0.570. The highest BCUT2D eigenvalue weighted by Gasteiger charge is 2.28. The number of hydrogen-bond donors (Lipinski definition) is 2. The molecule has 1 aliphatic rings. The minimum atomic E-state index is -3.23. The van der Waals surface area contributed by atoms with Crippen LogP contribution in [0.2, 0.25) is 5.02 Å². The zero-order chi connectivity index (χ0) is 23.3. The number of carbonyl (C=O) groups excluding carboxylic acids is 2. The van der Waals surface area contributed by atoms with Gasteiger partial charge in [-0.05, 0) is 49.2 Å². The zero-order valence-electron chi connectivity index (χ0n) is 18.0. The van der Waals surface area contributed by atoms with Crippen LogP contribution < -0.4 is 10.6 Å². The number of halogens is 1. The monoisotopic (exact) mass is 478 g/mol. The van der Waals surface area contributed by atoms with Crippen molar-refractivity contribution in [3.63, 3.8) is 0 Å². The number of benzene rings is 2. The van der Waals surface area contributed by atoms with Crippen LogP contribution in [0.25, 0.3) is 0 Å². The predicted molar refractivity (Wildman–Crippen MR) is 127 cm³/mol. The molecule has 0 aromatic heterocycles. The van der Waals surface area contributed by atoms with Crippen LogP contribution in [0.5, 0.6) is 0 Å². The normalized spacial score (nSPS) is 15.5. The number of carbonyl (C=O) groups is 2. The molecule has 172 valence electrons. The molecular weight excluding hydrogens is 452 g/mol. The van der Waals surface area contributed by atoms with Crippen LogP contribution in [-0.2, 0) is 14.8 Å². The molecule has 1 heterocycles. The Morgan fingerprint density at radius 3 is 2.31 bits per heavy atom. The molecule has 0 aliphatic carbocycles. The molecule has 0 saturated carbocycles. The smallest absolute Gasteiger partial charge is 0.257 e. The van der Waals surface area contributed by atoms with Crippen LogP contribution in [0.3, 0.4) is 0 Å². The fraction of sp³-hybridized carbons (Fsp3) is 0.364. The van der Waals surface area contributed by atoms with Gasteiger partial charge in [-0.25, -0.2) is 12.7 Å². The van der Waals surface area contributed by atoms with Gasteiger partial charge in [0, 0.05) is 36.9 Å². The van der Waals surface area contributed by atoms with E-state index in [1.54, 1.807) is 55.6 Å². The van der Waals surface area contributed by atoms with E-state index in [9.17, 15) is 18.0 Å². The number of likely N-dealkylation sites (tertiary alicyclic amines) is 1. The second-order valence-corrected chi connectivity index (χ2v) is 10.3. The molecule has 8 nitrogen and oxygen atoms in total. The topological polar surface area (TPSA) is 98.8 Å². The fourth-order valence-corrected chi connectivity index (χ4v) is 4.50. The van der Waals surface area contributed by atoms with E-state index in [0.29, 0.717) is 47.9 Å². The van der Waals surface area contributed by atoms with Crippen molar-refractivity contribution in [1.82, 2.24) is 9.21 Å². The standard InChI is InChI=1S/C22H27ClN4O4S/c1-26(32(2,30)31)18-11-13-27(14-12-18)15-21(28)25-20-6-4-3-5-19(20)22(29)24-17-9-7-16(23)8-10-17/h3-10,18H,11-15H2,1-2H3,(H,24,29)(H,25,28). The first-order valence-corrected chi connectivity index (χ1v) is 12.5. The molecule has 0 unspecified atom stereocenters. The summed E-state index contributed by atoms with van der Waals surface area (Å²) in [4.78, 5) is 27.3. The van der Waals surface area contributed by atoms with Gasteiger partial charge in [0.2, 0.25) is 15.9 Å². The first-order chi connectivity index (χ1) is 15.1. The summed E-state index contributed by atoms with van der Waals surface area (Å²) in [7, 11) is -1.64. The van der Waals surface area contributed by atoms with Gasteiger partial charge in [0.1, 0.15) is 0 Å². The van der Waals surface area contributed by atoms with Gasteiger partial charge in [-0.3, -0.25) is 14.5 Å². The Kier molecular flexibility index (Phi) is 7.89. The highest BCUT2D eigenvalue weighted by molar-refractivity contribution is 7.88. The molecule has 2 aromatic carbocycles. The van der Waals surface area contributed by atoms with Gasteiger partial charge in [-0.15, -0.1) is 0 Å². The average Bonchev–Trinajstić information content (AvgIpc) is 2.75. The summed E-state index contributed by atoms with van der Waals surface area (Å²) in [5.41, 5.74) is 1.38. The lowest BCUT2D eigenvalue weighted by Gasteiger charge is -2.35. The van der Waals surface area contributed by atoms with Crippen LogP contribution in [0.15, 0.2) is 48.5 Å². The van der Waals surface area contributed by atoms with Crippen LogP contribution in [0.4, 0.5) is 11.4 Å². The third-order valence-corrected chi connectivity index (χ3v) is 7.11. The zero-order valence-corrected chi connectivity index (χ0v) is 19.6. The predicted octanol–water partition coefficient (Wildman–Crippen LogP) is 2.89. The number of para-hydroxylation sites is 1. The van der Waals surface area contributed by atoms with Gasteiger partial charge in [-0.1, -0.05) is 23.7 Å². The van der Waals surface area contributed by atoms with Crippen LogP contribution in [0.1, 0.15) is 23.2 Å². The molecule has 32 heavy (non-hydrogen) atoms. The van der Waals surface area contributed by atoms with Gasteiger partial charge >= 0.3 is 0 Å². The lowest BCUT2D eigenvalue weighted by molar-refractivity contribution is -0.117. The Morgan fingerprint density at radius 2 is 1.69 bits per heavy atom. The Morgan fingerprint density at radius 1 is 1.06 bits per heavy atom. The molecule has 2 amide bonds. The van der Waals surface area contributed by atoms with Gasteiger partial charge in [0.15, 0.2) is 0 Å². The molecule has 2 N–H and O–H groups in total. The summed E-state index contributed by atoms with van der Waals surface area (Å²) in [6.07, 6.45) is 2.53. The van der Waals surface area contributed by atoms with Crippen LogP contribution in [0, 0.1) is 0 Å². The van der Waals surface area contributed by atoms with Crippen LogP contribution in [-0.4, -0.2) is 68.4 Å². The van der Waals surface area contributed by atoms with E-state index in [1.807, 2.05) is 4.90 Å². The Labute approximate surface area is 193 Å². The molecule has 1 saturated heterocycles. The second kappa shape index (κ2) is 10.4.